The summed E-state index contributed by atoms with van der Waals surface area (Å²) in [4.78, 5) is 14.6. The van der Waals surface area contributed by atoms with Gasteiger partial charge in [-0.3, -0.25) is 4.79 Å². The molecule has 1 atom stereocenters. The zero-order valence-electron chi connectivity index (χ0n) is 13.8. The van der Waals surface area contributed by atoms with E-state index in [-0.39, 0.29) is 11.9 Å². The maximum Gasteiger partial charge on any atom is 0.245 e. The van der Waals surface area contributed by atoms with Gasteiger partial charge < -0.3 is 4.90 Å². The molecule has 0 aliphatic heterocycles. The molecule has 1 amide bonds. The van der Waals surface area contributed by atoms with Gasteiger partial charge in [0.1, 0.15) is 5.25 Å². The molecule has 0 saturated heterocycles. The van der Waals surface area contributed by atoms with Crippen LogP contribution < -0.4 is 4.90 Å². The van der Waals surface area contributed by atoms with Crippen LogP contribution in [0.2, 0.25) is 0 Å². The zero-order valence-corrected chi connectivity index (χ0v) is 14.7. The van der Waals surface area contributed by atoms with E-state index in [1.54, 1.807) is 4.90 Å². The van der Waals surface area contributed by atoms with Crippen LogP contribution in [0.4, 0.5) is 5.69 Å². The van der Waals surface area contributed by atoms with Gasteiger partial charge in [0.25, 0.3) is 0 Å². The second kappa shape index (κ2) is 6.40. The second-order valence-electron chi connectivity index (χ2n) is 6.35. The molecule has 1 aliphatic rings. The van der Waals surface area contributed by atoms with Crippen molar-refractivity contribution >= 4 is 21.4 Å². The normalized spacial score (nSPS) is 15.8. The molecule has 4 nitrogen and oxygen atoms in total. The molecule has 0 radical (unpaired) electrons. The van der Waals surface area contributed by atoms with Gasteiger partial charge in [-0.05, 0) is 43.0 Å². The number of nitrogens with zero attached hydrogens (tertiary/aromatic N) is 1. The highest BCUT2D eigenvalue weighted by atomic mass is 32.2. The highest BCUT2D eigenvalue weighted by Crippen LogP contribution is 2.30. The fourth-order valence-electron chi connectivity index (χ4n) is 3.20. The van der Waals surface area contributed by atoms with Gasteiger partial charge in [0.05, 0.1) is 0 Å². The molecule has 0 bridgehead atoms. The Morgan fingerprint density at radius 2 is 1.50 bits per heavy atom. The number of rotatable bonds is 4. The van der Waals surface area contributed by atoms with Crippen molar-refractivity contribution in [2.75, 3.05) is 11.2 Å². The van der Waals surface area contributed by atoms with E-state index in [9.17, 15) is 13.2 Å². The monoisotopic (exact) mass is 343 g/mol. The third-order valence-corrected chi connectivity index (χ3v) is 6.14. The van der Waals surface area contributed by atoms with Gasteiger partial charge in [-0.2, -0.15) is 0 Å². The molecule has 0 saturated carbocycles. The number of carbonyl (C=O) groups excluding carboxylic acids is 1. The molecule has 0 aromatic heterocycles. The Morgan fingerprint density at radius 3 is 2.00 bits per heavy atom. The van der Waals surface area contributed by atoms with Gasteiger partial charge in [-0.25, -0.2) is 8.42 Å². The number of para-hydroxylation sites is 1. The largest absolute Gasteiger partial charge is 0.308 e. The van der Waals surface area contributed by atoms with Crippen molar-refractivity contribution in [2.24, 2.45) is 0 Å². The zero-order chi connectivity index (χ0) is 17.3. The summed E-state index contributed by atoms with van der Waals surface area (Å²) >= 11 is 0. The van der Waals surface area contributed by atoms with Gasteiger partial charge in [0.15, 0.2) is 9.84 Å². The van der Waals surface area contributed by atoms with Crippen molar-refractivity contribution < 1.29 is 13.2 Å². The average Bonchev–Trinajstić information content (AvgIpc) is 2.97. The van der Waals surface area contributed by atoms with Crippen LogP contribution in [0.5, 0.6) is 0 Å². The van der Waals surface area contributed by atoms with E-state index in [2.05, 4.69) is 12.1 Å². The number of amides is 1. The summed E-state index contributed by atoms with van der Waals surface area (Å²) < 4.78 is 23.8. The van der Waals surface area contributed by atoms with Crippen LogP contribution in [-0.2, 0) is 27.5 Å². The molecule has 0 N–H and O–H groups in total. The predicted octanol–water partition coefficient (Wildman–Crippen LogP) is 2.62. The SMILES string of the molecule is C[C@H](C(=O)N(c1ccccc1)C1Cc2ccccc2C1)S(C)(=O)=O. The predicted molar refractivity (Wildman–Crippen MR) is 95.9 cm³/mol. The molecule has 3 rings (SSSR count). The summed E-state index contributed by atoms with van der Waals surface area (Å²) in [5.41, 5.74) is 3.20. The second-order valence-corrected chi connectivity index (χ2v) is 8.71. The van der Waals surface area contributed by atoms with Crippen LogP contribution >= 0.6 is 0 Å². The molecule has 24 heavy (non-hydrogen) atoms. The number of hydrogen-bond acceptors (Lipinski definition) is 3. The van der Waals surface area contributed by atoms with Gasteiger partial charge in [0.2, 0.25) is 5.91 Å². The van der Waals surface area contributed by atoms with Crippen molar-refractivity contribution in [1.82, 2.24) is 0 Å². The molecule has 0 heterocycles. The molecule has 126 valence electrons. The van der Waals surface area contributed by atoms with E-state index >= 15 is 0 Å². The Hall–Kier alpha value is -2.14. The minimum absolute atomic E-state index is 0.0542. The first-order valence-corrected chi connectivity index (χ1v) is 9.97. The van der Waals surface area contributed by atoms with Crippen molar-refractivity contribution in [3.05, 3.63) is 65.7 Å². The van der Waals surface area contributed by atoms with E-state index in [0.29, 0.717) is 0 Å². The molecular formula is C19H21NO3S. The molecule has 0 unspecified atom stereocenters. The van der Waals surface area contributed by atoms with E-state index in [1.165, 1.54) is 18.1 Å². The van der Waals surface area contributed by atoms with Gasteiger partial charge in [0, 0.05) is 18.0 Å². The third kappa shape index (κ3) is 3.22. The van der Waals surface area contributed by atoms with Crippen LogP contribution in [0, 0.1) is 0 Å². The Labute approximate surface area is 143 Å². The summed E-state index contributed by atoms with van der Waals surface area (Å²) in [7, 11) is -3.44. The van der Waals surface area contributed by atoms with Crippen molar-refractivity contribution in [3.63, 3.8) is 0 Å². The molecule has 1 aliphatic carbocycles. The fraction of sp³-hybridized carbons (Fsp3) is 0.316. The first-order chi connectivity index (χ1) is 11.4. The van der Waals surface area contributed by atoms with Crippen LogP contribution in [0.1, 0.15) is 18.1 Å². The number of benzene rings is 2. The lowest BCUT2D eigenvalue weighted by molar-refractivity contribution is -0.118. The first-order valence-electron chi connectivity index (χ1n) is 8.01. The van der Waals surface area contributed by atoms with Crippen molar-refractivity contribution in [3.8, 4) is 0 Å². The third-order valence-electron chi connectivity index (χ3n) is 4.66. The average molecular weight is 343 g/mol. The van der Waals surface area contributed by atoms with Crippen molar-refractivity contribution in [1.29, 1.82) is 0 Å². The van der Waals surface area contributed by atoms with Crippen LogP contribution in [0.25, 0.3) is 0 Å². The minimum Gasteiger partial charge on any atom is -0.308 e. The topological polar surface area (TPSA) is 54.5 Å². The molecular weight excluding hydrogens is 322 g/mol. The Kier molecular flexibility index (Phi) is 4.45. The number of sulfone groups is 1. The standard InChI is InChI=1S/C19H21NO3S/c1-14(24(2,22)23)19(21)20(17-10-4-3-5-11-17)18-12-15-8-6-7-9-16(15)13-18/h3-11,14,18H,12-13H2,1-2H3/t14-/m1/s1. The first kappa shape index (κ1) is 16.7. The van der Waals surface area contributed by atoms with Gasteiger partial charge in [-0.15, -0.1) is 0 Å². The lowest BCUT2D eigenvalue weighted by Gasteiger charge is -2.31. The minimum atomic E-state index is -3.44. The maximum atomic E-state index is 13.0. The van der Waals surface area contributed by atoms with Crippen LogP contribution in [0.15, 0.2) is 54.6 Å². The highest BCUT2D eigenvalue weighted by Gasteiger charge is 2.36. The number of fused-ring (bicyclic) bond motifs is 1. The molecule has 0 spiro atoms. The van der Waals surface area contributed by atoms with E-state index in [4.69, 9.17) is 0 Å². The summed E-state index contributed by atoms with van der Waals surface area (Å²) in [5, 5.41) is -1.05. The summed E-state index contributed by atoms with van der Waals surface area (Å²) in [6.07, 6.45) is 2.60. The highest BCUT2D eigenvalue weighted by molar-refractivity contribution is 7.92. The number of hydrogen-bond donors (Lipinski definition) is 0. The summed E-state index contributed by atoms with van der Waals surface area (Å²) in [5.74, 6) is -0.360. The van der Waals surface area contributed by atoms with Crippen LogP contribution in [-0.4, -0.2) is 31.9 Å². The van der Waals surface area contributed by atoms with Gasteiger partial charge >= 0.3 is 0 Å². The molecule has 5 heteroatoms. The Morgan fingerprint density at radius 1 is 1.00 bits per heavy atom. The smallest absolute Gasteiger partial charge is 0.245 e. The lowest BCUT2D eigenvalue weighted by Crippen LogP contribution is -2.47. The number of anilines is 1. The number of carbonyl (C=O) groups is 1. The van der Waals surface area contributed by atoms with Gasteiger partial charge in [-0.1, -0.05) is 42.5 Å². The molecule has 0 fully saturated rings. The maximum absolute atomic E-state index is 13.0. The summed E-state index contributed by atoms with van der Waals surface area (Å²) in [6, 6.07) is 17.4. The van der Waals surface area contributed by atoms with E-state index in [1.807, 2.05) is 42.5 Å². The summed E-state index contributed by atoms with van der Waals surface area (Å²) in [6.45, 7) is 1.47. The van der Waals surface area contributed by atoms with E-state index in [0.717, 1.165) is 24.8 Å². The Bertz CT molecular complexity index is 821. The van der Waals surface area contributed by atoms with E-state index < -0.39 is 15.1 Å². The quantitative estimate of drug-likeness (QED) is 0.857. The Balaban J connectivity index is 1.97. The molecule has 2 aromatic rings. The molecule has 2 aromatic carbocycles. The van der Waals surface area contributed by atoms with Crippen molar-refractivity contribution in [2.45, 2.75) is 31.1 Å². The van der Waals surface area contributed by atoms with Crippen LogP contribution in [0.3, 0.4) is 0 Å². The lowest BCUT2D eigenvalue weighted by atomic mass is 10.1. The fourth-order valence-corrected chi connectivity index (χ4v) is 3.68.